The monoisotopic (exact) mass is 389 g/mol. The van der Waals surface area contributed by atoms with Gasteiger partial charge in [-0.15, -0.1) is 0 Å². The zero-order chi connectivity index (χ0) is 19.7. The first-order chi connectivity index (χ1) is 13.7. The van der Waals surface area contributed by atoms with Crippen LogP contribution in [0.15, 0.2) is 30.3 Å². The molecule has 28 heavy (non-hydrogen) atoms. The van der Waals surface area contributed by atoms with Crippen molar-refractivity contribution >= 4 is 17.6 Å². The van der Waals surface area contributed by atoms with Crippen molar-refractivity contribution in [3.63, 3.8) is 0 Å². The Morgan fingerprint density at radius 3 is 2.43 bits per heavy atom. The Hall–Kier alpha value is -2.12. The average Bonchev–Trinajstić information content (AvgIpc) is 2.74. The summed E-state index contributed by atoms with van der Waals surface area (Å²) in [6.45, 7) is 4.71. The number of ether oxygens (including phenoxy) is 1. The van der Waals surface area contributed by atoms with Crippen LogP contribution in [0.1, 0.15) is 38.5 Å². The highest BCUT2D eigenvalue weighted by atomic mass is 16.5. The lowest BCUT2D eigenvalue weighted by Crippen LogP contribution is -3.23. The zero-order valence-corrected chi connectivity index (χ0v) is 16.6. The number of urea groups is 1. The second kappa shape index (κ2) is 10.4. The molecular formula is C21H33N4O3+. The maximum absolute atomic E-state index is 12.3. The van der Waals surface area contributed by atoms with E-state index in [0.717, 1.165) is 38.5 Å². The van der Waals surface area contributed by atoms with Crippen molar-refractivity contribution in [1.29, 1.82) is 0 Å². The number of rotatable bonds is 7. The Labute approximate surface area is 167 Å². The molecule has 3 rings (SSSR count). The molecule has 0 aromatic heterocycles. The van der Waals surface area contributed by atoms with Crippen LogP contribution < -0.4 is 20.9 Å². The Morgan fingerprint density at radius 1 is 1.00 bits per heavy atom. The minimum atomic E-state index is -0.291. The molecule has 1 aromatic rings. The third-order valence-corrected chi connectivity index (χ3v) is 5.95. The fourth-order valence-electron chi connectivity index (χ4n) is 4.37. The summed E-state index contributed by atoms with van der Waals surface area (Å²) in [4.78, 5) is 25.8. The van der Waals surface area contributed by atoms with Crippen LogP contribution in [0.25, 0.3) is 0 Å². The van der Waals surface area contributed by atoms with Gasteiger partial charge in [0.2, 0.25) is 5.91 Å². The van der Waals surface area contributed by atoms with Crippen LogP contribution in [0.2, 0.25) is 0 Å². The van der Waals surface area contributed by atoms with Gasteiger partial charge in [0.1, 0.15) is 18.6 Å². The normalized spacial score (nSPS) is 19.6. The predicted octanol–water partition coefficient (Wildman–Crippen LogP) is 0.932. The fourth-order valence-corrected chi connectivity index (χ4v) is 4.37. The molecule has 2 fully saturated rings. The Balaban J connectivity index is 1.40. The molecule has 2 aliphatic rings. The SMILES string of the molecule is O=C(CCNC(=O)Nc1ccccc1)NCC1([NH+]2CCOCC2)CCCCC1. The van der Waals surface area contributed by atoms with Gasteiger partial charge in [0, 0.05) is 31.5 Å². The van der Waals surface area contributed by atoms with E-state index >= 15 is 0 Å². The summed E-state index contributed by atoms with van der Waals surface area (Å²) in [6.07, 6.45) is 6.39. The average molecular weight is 390 g/mol. The van der Waals surface area contributed by atoms with Crippen LogP contribution >= 0.6 is 0 Å². The lowest BCUT2D eigenvalue weighted by atomic mass is 9.79. The number of para-hydroxylation sites is 1. The highest BCUT2D eigenvalue weighted by Crippen LogP contribution is 2.25. The van der Waals surface area contributed by atoms with Crippen LogP contribution in [0.3, 0.4) is 0 Å². The van der Waals surface area contributed by atoms with Gasteiger partial charge in [0.25, 0.3) is 0 Å². The third kappa shape index (κ3) is 5.94. The number of hydrogen-bond donors (Lipinski definition) is 4. The molecular weight excluding hydrogens is 356 g/mol. The van der Waals surface area contributed by atoms with E-state index in [2.05, 4.69) is 16.0 Å². The third-order valence-electron chi connectivity index (χ3n) is 5.95. The molecule has 1 heterocycles. The predicted molar refractivity (Wildman–Crippen MR) is 108 cm³/mol. The molecule has 4 N–H and O–H groups in total. The number of carbonyl (C=O) groups is 2. The molecule has 7 heteroatoms. The number of amides is 3. The first-order valence-corrected chi connectivity index (χ1v) is 10.5. The number of carbonyl (C=O) groups excluding carboxylic acids is 2. The highest BCUT2D eigenvalue weighted by molar-refractivity contribution is 5.89. The summed E-state index contributed by atoms with van der Waals surface area (Å²) in [5, 5.41) is 8.63. The molecule has 0 unspecified atom stereocenters. The molecule has 1 saturated heterocycles. The summed E-state index contributed by atoms with van der Waals surface area (Å²) in [5.41, 5.74) is 0.882. The van der Waals surface area contributed by atoms with Gasteiger partial charge in [-0.3, -0.25) is 4.79 Å². The van der Waals surface area contributed by atoms with Gasteiger partial charge >= 0.3 is 6.03 Å². The maximum Gasteiger partial charge on any atom is 0.319 e. The largest absolute Gasteiger partial charge is 0.370 e. The molecule has 7 nitrogen and oxygen atoms in total. The van der Waals surface area contributed by atoms with Gasteiger partial charge in [0.05, 0.1) is 19.8 Å². The van der Waals surface area contributed by atoms with Gasteiger partial charge < -0.3 is 25.6 Å². The van der Waals surface area contributed by atoms with E-state index in [1.807, 2.05) is 30.3 Å². The molecule has 0 spiro atoms. The minimum Gasteiger partial charge on any atom is -0.370 e. The summed E-state index contributed by atoms with van der Waals surface area (Å²) < 4.78 is 5.52. The van der Waals surface area contributed by atoms with Crippen LogP contribution in [0.5, 0.6) is 0 Å². The number of anilines is 1. The number of nitrogens with one attached hydrogen (secondary N) is 4. The number of morpholine rings is 1. The second-order valence-corrected chi connectivity index (χ2v) is 7.83. The highest BCUT2D eigenvalue weighted by Gasteiger charge is 2.42. The Kier molecular flexibility index (Phi) is 7.68. The standard InChI is InChI=1S/C21H32N4O3/c26-19(9-12-22-20(27)24-18-7-3-1-4-8-18)23-17-21(10-5-2-6-11-21)25-13-15-28-16-14-25/h1,3-4,7-8H,2,5-6,9-17H2,(H,23,26)(H2,22,24,27)/p+1. The molecule has 0 atom stereocenters. The summed E-state index contributed by atoms with van der Waals surface area (Å²) in [5.74, 6) is -0.00220. The minimum absolute atomic E-state index is 0.00220. The molecule has 1 aromatic carbocycles. The first kappa shape index (κ1) is 20.6. The van der Waals surface area contributed by atoms with Crippen LogP contribution in [0.4, 0.5) is 10.5 Å². The van der Waals surface area contributed by atoms with Crippen LogP contribution in [-0.2, 0) is 9.53 Å². The van der Waals surface area contributed by atoms with Gasteiger partial charge in [0.15, 0.2) is 0 Å². The van der Waals surface area contributed by atoms with Crippen molar-refractivity contribution in [2.75, 3.05) is 44.7 Å². The first-order valence-electron chi connectivity index (χ1n) is 10.5. The quantitative estimate of drug-likeness (QED) is 0.560. The smallest absolute Gasteiger partial charge is 0.319 e. The van der Waals surface area contributed by atoms with Gasteiger partial charge in [-0.05, 0) is 25.0 Å². The molecule has 3 amide bonds. The zero-order valence-electron chi connectivity index (χ0n) is 16.6. The lowest BCUT2D eigenvalue weighted by molar-refractivity contribution is -0.960. The van der Waals surface area contributed by atoms with E-state index in [1.165, 1.54) is 32.1 Å². The van der Waals surface area contributed by atoms with Crippen molar-refractivity contribution in [2.45, 2.75) is 44.1 Å². The van der Waals surface area contributed by atoms with Crippen LogP contribution in [-0.4, -0.2) is 56.9 Å². The van der Waals surface area contributed by atoms with Gasteiger partial charge in [-0.25, -0.2) is 4.79 Å². The molecule has 1 aliphatic heterocycles. The van der Waals surface area contributed by atoms with Gasteiger partial charge in [-0.1, -0.05) is 24.6 Å². The molecule has 154 valence electrons. The Morgan fingerprint density at radius 2 is 1.71 bits per heavy atom. The summed E-state index contributed by atoms with van der Waals surface area (Å²) in [6, 6.07) is 8.97. The molecule has 0 radical (unpaired) electrons. The maximum atomic E-state index is 12.3. The number of benzene rings is 1. The van der Waals surface area contributed by atoms with E-state index in [9.17, 15) is 9.59 Å². The summed E-state index contributed by atoms with van der Waals surface area (Å²) >= 11 is 0. The van der Waals surface area contributed by atoms with Crippen molar-refractivity contribution in [2.24, 2.45) is 0 Å². The number of quaternary nitrogens is 1. The van der Waals surface area contributed by atoms with E-state index in [4.69, 9.17) is 4.74 Å². The van der Waals surface area contributed by atoms with E-state index in [-0.39, 0.29) is 23.9 Å². The second-order valence-electron chi connectivity index (χ2n) is 7.83. The lowest BCUT2D eigenvalue weighted by Gasteiger charge is -2.45. The number of hydrogen-bond acceptors (Lipinski definition) is 3. The topological polar surface area (TPSA) is 83.9 Å². The molecule has 0 bridgehead atoms. The van der Waals surface area contributed by atoms with Crippen molar-refractivity contribution in [3.05, 3.63) is 30.3 Å². The Bertz CT molecular complexity index is 626. The van der Waals surface area contributed by atoms with Gasteiger partial charge in [-0.2, -0.15) is 0 Å². The van der Waals surface area contributed by atoms with E-state index < -0.39 is 0 Å². The molecule has 1 aliphatic carbocycles. The molecule has 1 saturated carbocycles. The van der Waals surface area contributed by atoms with Crippen LogP contribution in [0, 0.1) is 0 Å². The van der Waals surface area contributed by atoms with Crippen molar-refractivity contribution in [1.82, 2.24) is 10.6 Å². The summed E-state index contributed by atoms with van der Waals surface area (Å²) in [7, 11) is 0. The van der Waals surface area contributed by atoms with Crippen molar-refractivity contribution in [3.8, 4) is 0 Å². The fraction of sp³-hybridized carbons (Fsp3) is 0.619. The van der Waals surface area contributed by atoms with E-state index in [1.54, 1.807) is 4.90 Å². The van der Waals surface area contributed by atoms with E-state index in [0.29, 0.717) is 6.54 Å². The van der Waals surface area contributed by atoms with Crippen molar-refractivity contribution < 1.29 is 19.2 Å².